The molecular weight excluding hydrogens is 598 g/mol. The number of carbonyl (C=O) groups excluding carboxylic acids is 4. The number of allylic oxidation sites excluding steroid dienone is 2. The minimum Gasteiger partial charge on any atom is -0.543 e. The first-order valence-corrected chi connectivity index (χ1v) is 14.6. The number of nitrogens with one attached hydrogen (secondary N) is 3. The molecule has 1 saturated heterocycles. The lowest BCUT2D eigenvalue weighted by Gasteiger charge is -2.50. The van der Waals surface area contributed by atoms with Gasteiger partial charge in [-0.25, -0.2) is 14.5 Å². The number of fused-ring (bicyclic) bond motifs is 2. The minimum atomic E-state index is -1.52. The van der Waals surface area contributed by atoms with Crippen LogP contribution in [0.4, 0.5) is 5.13 Å². The lowest BCUT2D eigenvalue weighted by atomic mass is 10.0. The number of nitriles is 1. The van der Waals surface area contributed by atoms with Crippen LogP contribution in [0.2, 0.25) is 0 Å². The molecule has 0 aliphatic carbocycles. The van der Waals surface area contributed by atoms with E-state index >= 15 is 0 Å². The van der Waals surface area contributed by atoms with Gasteiger partial charge < -0.3 is 25.8 Å². The number of β-lactam (4-membered cyclic amide) rings is 1. The minimum absolute atomic E-state index is 0.159. The maximum atomic E-state index is 13.1. The summed E-state index contributed by atoms with van der Waals surface area (Å²) in [5.41, 5.74) is 6.63. The molecule has 0 unspecified atom stereocenters. The zero-order chi connectivity index (χ0) is 30.7. The van der Waals surface area contributed by atoms with E-state index in [-0.39, 0.29) is 40.3 Å². The van der Waals surface area contributed by atoms with E-state index in [1.165, 1.54) is 17.1 Å². The number of carboxylic acid groups (broad SMARTS) is 1. The molecule has 2 aliphatic rings. The Balaban J connectivity index is 1.32. The number of nitrogen functional groups attached to an aromatic ring is 1. The maximum Gasteiger partial charge on any atom is 0.304 e. The van der Waals surface area contributed by atoms with E-state index in [1.807, 2.05) is 0 Å². The van der Waals surface area contributed by atoms with E-state index in [9.17, 15) is 24.3 Å². The molecule has 3 aromatic heterocycles. The van der Waals surface area contributed by atoms with Gasteiger partial charge in [-0.1, -0.05) is 11.2 Å². The highest BCUT2D eigenvalue weighted by molar-refractivity contribution is 8.00. The third kappa shape index (κ3) is 5.78. The number of aromatic nitrogens is 3. The molecule has 3 amide bonds. The number of thioether (sulfide) groups is 1. The topological polar surface area (TPSA) is 223 Å². The zero-order valence-electron chi connectivity index (χ0n) is 22.4. The number of oxime groups is 1. The van der Waals surface area contributed by atoms with E-state index < -0.39 is 35.1 Å². The summed E-state index contributed by atoms with van der Waals surface area (Å²) >= 11 is 2.40. The average Bonchev–Trinajstić information content (AvgIpc) is 3.62. The van der Waals surface area contributed by atoms with Gasteiger partial charge in [0.15, 0.2) is 22.7 Å². The number of pyridine rings is 1. The number of carboxylic acids is 1. The first-order chi connectivity index (χ1) is 20.7. The van der Waals surface area contributed by atoms with Crippen molar-refractivity contribution in [1.82, 2.24) is 25.5 Å². The van der Waals surface area contributed by atoms with Crippen molar-refractivity contribution >= 4 is 68.7 Å². The molecule has 3 aromatic rings. The quantitative estimate of drug-likeness (QED) is 0.0546. The van der Waals surface area contributed by atoms with Crippen molar-refractivity contribution in [2.24, 2.45) is 5.16 Å². The molecule has 220 valence electrons. The highest BCUT2D eigenvalue weighted by Gasteiger charge is 2.53. The van der Waals surface area contributed by atoms with Gasteiger partial charge in [0, 0.05) is 17.2 Å². The lowest BCUT2D eigenvalue weighted by molar-refractivity contribution is -0.662. The third-order valence-corrected chi connectivity index (χ3v) is 8.41. The Morgan fingerprint density at radius 3 is 2.95 bits per heavy atom. The van der Waals surface area contributed by atoms with Crippen molar-refractivity contribution < 1.29 is 33.7 Å². The van der Waals surface area contributed by atoms with Crippen LogP contribution in [0.3, 0.4) is 0 Å². The standard InChI is InChI=1S/C26H23N9O6S2/c1-2-41-33-17(16-11-43-26(28)31-16)22(37)32-18-23(38)35-19(25(39)40)14(10-42-24(18)35)6-4-8-34-7-3-5-13-9-15(30-20(13)34)21(36)29-12-27/h3-7,9,11,18,24H,2,8,10H2,1H3,(H5,28,29,31,32,36,37,39,40)/b6-4+,33-17-/t18-,24-/m1/s1. The van der Waals surface area contributed by atoms with Crippen LogP contribution in [0.15, 0.2) is 58.4 Å². The number of amides is 3. The number of nitrogens with zero attached hydrogens (tertiary/aromatic N) is 5. The third-order valence-electron chi connectivity index (χ3n) is 6.43. The molecule has 15 nitrogen and oxygen atoms in total. The normalized spacial score (nSPS) is 18.3. The second-order valence-corrected chi connectivity index (χ2v) is 11.1. The highest BCUT2D eigenvalue weighted by atomic mass is 32.2. The van der Waals surface area contributed by atoms with Crippen molar-refractivity contribution in [3.63, 3.8) is 0 Å². The average molecular weight is 622 g/mol. The molecule has 2 atom stereocenters. The van der Waals surface area contributed by atoms with Crippen LogP contribution in [0.1, 0.15) is 23.1 Å². The van der Waals surface area contributed by atoms with Crippen LogP contribution < -0.4 is 26.0 Å². The van der Waals surface area contributed by atoms with Crippen LogP contribution in [0.5, 0.6) is 0 Å². The molecule has 0 spiro atoms. The molecule has 5 rings (SSSR count). The van der Waals surface area contributed by atoms with Crippen molar-refractivity contribution in [1.29, 1.82) is 5.26 Å². The van der Waals surface area contributed by atoms with Crippen LogP contribution >= 0.6 is 23.1 Å². The Hall–Kier alpha value is -5.21. The number of rotatable bonds is 10. The van der Waals surface area contributed by atoms with Crippen LogP contribution in [0, 0.1) is 11.5 Å². The fraction of sp³-hybridized carbons (Fsp3) is 0.231. The summed E-state index contributed by atoms with van der Waals surface area (Å²) in [6.45, 7) is 2.18. The van der Waals surface area contributed by atoms with Gasteiger partial charge in [0.1, 0.15) is 30.3 Å². The number of carbonyl (C=O) groups is 4. The number of aromatic amines is 1. The summed E-state index contributed by atoms with van der Waals surface area (Å²) in [7, 11) is 0. The van der Waals surface area contributed by atoms with Crippen LogP contribution in [-0.2, 0) is 25.8 Å². The Morgan fingerprint density at radius 1 is 1.44 bits per heavy atom. The van der Waals surface area contributed by atoms with Gasteiger partial charge in [-0.2, -0.15) is 5.26 Å². The maximum absolute atomic E-state index is 13.1. The Labute approximate surface area is 251 Å². The zero-order valence-corrected chi connectivity index (χ0v) is 24.0. The molecule has 0 bridgehead atoms. The number of anilines is 1. The van der Waals surface area contributed by atoms with Crippen LogP contribution in [-0.4, -0.2) is 68.0 Å². The molecule has 0 saturated carbocycles. The summed E-state index contributed by atoms with van der Waals surface area (Å²) in [6, 6.07) is 4.18. The largest absolute Gasteiger partial charge is 0.543 e. The molecule has 0 radical (unpaired) electrons. The fourth-order valence-electron chi connectivity index (χ4n) is 4.55. The SMILES string of the molecule is CCO/N=C(\C(=O)N[C@@H]1C(=O)N2C(C(=O)[O-])=C(/C=C/C[n+]3cccc4cc(C(=O)NC#N)[nH]c43)CS[C@H]12)c1csc(N)n1. The molecular formula is C26H23N9O6S2. The highest BCUT2D eigenvalue weighted by Crippen LogP contribution is 2.40. The first-order valence-electron chi connectivity index (χ1n) is 12.7. The second-order valence-electron chi connectivity index (χ2n) is 9.07. The van der Waals surface area contributed by atoms with Gasteiger partial charge in [-0.15, -0.1) is 23.1 Å². The van der Waals surface area contributed by atoms with Crippen molar-refractivity contribution in [2.45, 2.75) is 24.9 Å². The van der Waals surface area contributed by atoms with E-state index in [0.717, 1.165) is 21.6 Å². The molecule has 43 heavy (non-hydrogen) atoms. The molecule has 2 aliphatic heterocycles. The summed E-state index contributed by atoms with van der Waals surface area (Å²) in [6.07, 6.45) is 6.68. The van der Waals surface area contributed by atoms with Gasteiger partial charge in [0.2, 0.25) is 0 Å². The summed E-state index contributed by atoms with van der Waals surface area (Å²) < 4.78 is 1.80. The first kappa shape index (κ1) is 29.3. The second kappa shape index (κ2) is 12.3. The number of H-pyrrole nitrogens is 1. The number of hydrogen-bond acceptors (Lipinski definition) is 12. The Kier molecular flexibility index (Phi) is 8.41. The molecule has 17 heteroatoms. The Morgan fingerprint density at radius 2 is 2.26 bits per heavy atom. The Bertz CT molecular complexity index is 1770. The summed E-state index contributed by atoms with van der Waals surface area (Å²) in [5, 5.41) is 31.2. The number of thiazole rings is 1. The summed E-state index contributed by atoms with van der Waals surface area (Å²) in [5.74, 6) is -3.19. The smallest absolute Gasteiger partial charge is 0.304 e. The fourth-order valence-corrected chi connectivity index (χ4v) is 6.42. The van der Waals surface area contributed by atoms with Crippen molar-refractivity contribution in [3.8, 4) is 6.19 Å². The molecule has 0 aromatic carbocycles. The van der Waals surface area contributed by atoms with Gasteiger partial charge in [-0.05, 0) is 30.7 Å². The van der Waals surface area contributed by atoms with E-state index in [1.54, 1.807) is 54.2 Å². The number of aliphatic carboxylic acids is 1. The monoisotopic (exact) mass is 621 g/mol. The van der Waals surface area contributed by atoms with E-state index in [0.29, 0.717) is 17.8 Å². The molecule has 5 heterocycles. The van der Waals surface area contributed by atoms with Crippen LogP contribution in [0.25, 0.3) is 11.0 Å². The van der Waals surface area contributed by atoms with Gasteiger partial charge in [0.25, 0.3) is 17.5 Å². The number of nitrogens with two attached hydrogens (primary N) is 1. The summed E-state index contributed by atoms with van der Waals surface area (Å²) in [4.78, 5) is 63.5. The lowest BCUT2D eigenvalue weighted by Crippen LogP contribution is -2.71. The molecule has 5 N–H and O–H groups in total. The van der Waals surface area contributed by atoms with E-state index in [2.05, 4.69) is 25.8 Å². The van der Waals surface area contributed by atoms with Crippen molar-refractivity contribution in [2.75, 3.05) is 18.1 Å². The van der Waals surface area contributed by atoms with Gasteiger partial charge in [0.05, 0.1) is 23.2 Å². The molecule has 1 fully saturated rings. The predicted octanol–water partition coefficient (Wildman–Crippen LogP) is -0.894. The van der Waals surface area contributed by atoms with Gasteiger partial charge >= 0.3 is 5.91 Å². The predicted molar refractivity (Wildman–Crippen MR) is 152 cm³/mol. The van der Waals surface area contributed by atoms with Gasteiger partial charge in [-0.3, -0.25) is 24.6 Å². The van der Waals surface area contributed by atoms with E-state index in [4.69, 9.17) is 15.8 Å². The number of hydrogen-bond donors (Lipinski definition) is 4. The van der Waals surface area contributed by atoms with Crippen molar-refractivity contribution in [3.05, 3.63) is 64.6 Å².